The summed E-state index contributed by atoms with van der Waals surface area (Å²) in [5.41, 5.74) is 1.62. The second-order valence-corrected chi connectivity index (χ2v) is 8.13. The van der Waals surface area contributed by atoms with Gasteiger partial charge in [0.15, 0.2) is 0 Å². The van der Waals surface area contributed by atoms with Crippen molar-refractivity contribution >= 4 is 34.2 Å². The topological polar surface area (TPSA) is 79.2 Å². The number of H-pyrrole nitrogens is 1. The van der Waals surface area contributed by atoms with Gasteiger partial charge in [-0.1, -0.05) is 37.0 Å². The number of nitrogens with one attached hydrogen (secondary N) is 1. The molecule has 28 heavy (non-hydrogen) atoms. The molecule has 0 unspecified atom stereocenters. The average molecular weight is 420 g/mol. The first-order valence-electron chi connectivity index (χ1n) is 9.08. The molecular formula is C20H19Cl2N3O3. The van der Waals surface area contributed by atoms with Crippen LogP contribution in [0.25, 0.3) is 11.0 Å². The molecule has 0 aliphatic carbocycles. The molecular weight excluding hydrogens is 401 g/mol. The van der Waals surface area contributed by atoms with E-state index in [4.69, 9.17) is 27.6 Å². The summed E-state index contributed by atoms with van der Waals surface area (Å²) in [6.45, 7) is 5.35. The van der Waals surface area contributed by atoms with Crippen LogP contribution in [0.2, 0.25) is 10.0 Å². The highest BCUT2D eigenvalue weighted by atomic mass is 35.5. The smallest absolute Gasteiger partial charge is 0.342 e. The summed E-state index contributed by atoms with van der Waals surface area (Å²) < 4.78 is 5.40. The van der Waals surface area contributed by atoms with Crippen molar-refractivity contribution in [3.63, 3.8) is 0 Å². The molecule has 8 heteroatoms. The molecule has 0 bridgehead atoms. The number of benzene rings is 1. The molecule has 2 aromatic heterocycles. The Morgan fingerprint density at radius 3 is 2.82 bits per heavy atom. The predicted octanol–water partition coefficient (Wildman–Crippen LogP) is 3.86. The molecule has 1 aliphatic heterocycles. The SMILES string of the molecule is CC(C)c1nc2c(c(=O)[nH]1)CN(Cc1c(Cl)c3cc(Cl)ccc3oc1=O)CC2. The largest absolute Gasteiger partial charge is 0.422 e. The van der Waals surface area contributed by atoms with Gasteiger partial charge in [0.1, 0.15) is 11.4 Å². The molecule has 0 amide bonds. The van der Waals surface area contributed by atoms with Crippen molar-refractivity contribution in [1.29, 1.82) is 0 Å². The lowest BCUT2D eigenvalue weighted by atomic mass is 10.0. The van der Waals surface area contributed by atoms with Crippen LogP contribution in [0.3, 0.4) is 0 Å². The van der Waals surface area contributed by atoms with Crippen molar-refractivity contribution in [3.8, 4) is 0 Å². The van der Waals surface area contributed by atoms with E-state index < -0.39 is 5.63 Å². The maximum absolute atomic E-state index is 12.5. The quantitative estimate of drug-likeness (QED) is 0.651. The van der Waals surface area contributed by atoms with Crippen LogP contribution in [0.1, 0.15) is 42.4 Å². The summed E-state index contributed by atoms with van der Waals surface area (Å²) in [4.78, 5) is 34.4. The summed E-state index contributed by atoms with van der Waals surface area (Å²) in [6, 6.07) is 4.96. The fraction of sp³-hybridized carbons (Fsp3) is 0.350. The Kier molecular flexibility index (Phi) is 5.04. The zero-order valence-corrected chi connectivity index (χ0v) is 17.0. The normalized spacial score (nSPS) is 14.6. The van der Waals surface area contributed by atoms with Gasteiger partial charge in [0, 0.05) is 42.4 Å². The number of hydrogen-bond acceptors (Lipinski definition) is 5. The molecule has 0 saturated heterocycles. The van der Waals surface area contributed by atoms with Gasteiger partial charge in [-0.25, -0.2) is 9.78 Å². The number of nitrogens with zero attached hydrogens (tertiary/aromatic N) is 2. The van der Waals surface area contributed by atoms with Crippen LogP contribution in [-0.4, -0.2) is 21.4 Å². The van der Waals surface area contributed by atoms with E-state index in [0.29, 0.717) is 57.5 Å². The van der Waals surface area contributed by atoms with Gasteiger partial charge >= 0.3 is 5.63 Å². The van der Waals surface area contributed by atoms with Crippen molar-refractivity contribution in [3.05, 3.63) is 71.7 Å². The molecule has 1 aromatic carbocycles. The second-order valence-electron chi connectivity index (χ2n) is 7.31. The summed E-state index contributed by atoms with van der Waals surface area (Å²) in [7, 11) is 0. The summed E-state index contributed by atoms with van der Waals surface area (Å²) >= 11 is 12.5. The van der Waals surface area contributed by atoms with Gasteiger partial charge in [-0.15, -0.1) is 0 Å². The van der Waals surface area contributed by atoms with Gasteiger partial charge < -0.3 is 9.40 Å². The van der Waals surface area contributed by atoms with Crippen molar-refractivity contribution < 1.29 is 4.42 Å². The number of rotatable bonds is 3. The lowest BCUT2D eigenvalue weighted by Crippen LogP contribution is -2.37. The molecule has 0 saturated carbocycles. The van der Waals surface area contributed by atoms with Crippen molar-refractivity contribution in [1.82, 2.24) is 14.9 Å². The zero-order chi connectivity index (χ0) is 20.0. The maximum atomic E-state index is 12.5. The van der Waals surface area contributed by atoms with E-state index in [2.05, 4.69) is 9.97 Å². The second kappa shape index (κ2) is 7.35. The molecule has 0 fully saturated rings. The molecule has 1 aliphatic rings. The summed E-state index contributed by atoms with van der Waals surface area (Å²) in [5.74, 6) is 0.858. The van der Waals surface area contributed by atoms with Crippen LogP contribution in [0, 0.1) is 0 Å². The molecule has 3 heterocycles. The first kappa shape index (κ1) is 19.2. The summed E-state index contributed by atoms with van der Waals surface area (Å²) in [5, 5.41) is 1.45. The number of aromatic nitrogens is 2. The van der Waals surface area contributed by atoms with Crippen molar-refractivity contribution in [2.45, 2.75) is 39.3 Å². The molecule has 3 aromatic rings. The molecule has 6 nitrogen and oxygen atoms in total. The third-order valence-electron chi connectivity index (χ3n) is 4.99. The highest BCUT2D eigenvalue weighted by Crippen LogP contribution is 2.29. The Hall–Kier alpha value is -2.15. The molecule has 0 radical (unpaired) electrons. The van der Waals surface area contributed by atoms with E-state index in [0.717, 1.165) is 5.69 Å². The van der Waals surface area contributed by atoms with Crippen LogP contribution in [0.15, 0.2) is 32.2 Å². The Morgan fingerprint density at radius 2 is 2.07 bits per heavy atom. The van der Waals surface area contributed by atoms with Gasteiger partial charge in [0.05, 0.1) is 21.8 Å². The van der Waals surface area contributed by atoms with Gasteiger partial charge in [-0.3, -0.25) is 9.69 Å². The molecule has 4 rings (SSSR count). The van der Waals surface area contributed by atoms with Crippen LogP contribution in [0.5, 0.6) is 0 Å². The Bertz CT molecular complexity index is 1180. The lowest BCUT2D eigenvalue weighted by molar-refractivity contribution is 0.238. The highest BCUT2D eigenvalue weighted by molar-refractivity contribution is 6.37. The number of hydrogen-bond donors (Lipinski definition) is 1. The molecule has 146 valence electrons. The Labute approximate surface area is 171 Å². The Balaban J connectivity index is 1.67. The van der Waals surface area contributed by atoms with E-state index in [9.17, 15) is 9.59 Å². The van der Waals surface area contributed by atoms with E-state index in [1.807, 2.05) is 18.7 Å². The number of aromatic amines is 1. The number of halogens is 2. The van der Waals surface area contributed by atoms with Crippen LogP contribution in [-0.2, 0) is 19.5 Å². The fourth-order valence-electron chi connectivity index (χ4n) is 3.44. The summed E-state index contributed by atoms with van der Waals surface area (Å²) in [6.07, 6.45) is 0.640. The first-order valence-corrected chi connectivity index (χ1v) is 9.84. The van der Waals surface area contributed by atoms with E-state index >= 15 is 0 Å². The van der Waals surface area contributed by atoms with Crippen LogP contribution in [0.4, 0.5) is 0 Å². The maximum Gasteiger partial charge on any atom is 0.342 e. The predicted molar refractivity (Wildman–Crippen MR) is 109 cm³/mol. The van der Waals surface area contributed by atoms with E-state index in [1.165, 1.54) is 0 Å². The molecule has 0 spiro atoms. The molecule has 1 N–H and O–H groups in total. The van der Waals surface area contributed by atoms with Crippen LogP contribution >= 0.6 is 23.2 Å². The third kappa shape index (κ3) is 3.48. The lowest BCUT2D eigenvalue weighted by Gasteiger charge is -2.27. The molecule has 0 atom stereocenters. The Morgan fingerprint density at radius 1 is 1.29 bits per heavy atom. The fourth-order valence-corrected chi connectivity index (χ4v) is 3.90. The van der Waals surface area contributed by atoms with Crippen molar-refractivity contribution in [2.24, 2.45) is 0 Å². The third-order valence-corrected chi connectivity index (χ3v) is 5.65. The number of fused-ring (bicyclic) bond motifs is 2. The first-order chi connectivity index (χ1) is 13.3. The minimum Gasteiger partial charge on any atom is -0.422 e. The van der Waals surface area contributed by atoms with E-state index in [1.54, 1.807) is 18.2 Å². The zero-order valence-electron chi connectivity index (χ0n) is 15.5. The van der Waals surface area contributed by atoms with Gasteiger partial charge in [-0.05, 0) is 18.2 Å². The van der Waals surface area contributed by atoms with Gasteiger partial charge in [0.2, 0.25) is 0 Å². The monoisotopic (exact) mass is 419 g/mol. The standard InChI is InChI=1S/C20H19Cl2N3O3/c1-10(2)18-23-15-5-6-25(8-13(15)19(26)24-18)9-14-17(22)12-7-11(21)3-4-16(12)28-20(14)27/h3-4,7,10H,5-6,8-9H2,1-2H3,(H,23,24,26). The van der Waals surface area contributed by atoms with Crippen LogP contribution < -0.4 is 11.2 Å². The minimum absolute atomic E-state index is 0.123. The minimum atomic E-state index is -0.479. The van der Waals surface area contributed by atoms with Gasteiger partial charge in [-0.2, -0.15) is 0 Å². The average Bonchev–Trinajstić information content (AvgIpc) is 2.66. The van der Waals surface area contributed by atoms with E-state index in [-0.39, 0.29) is 18.0 Å². The van der Waals surface area contributed by atoms with Crippen molar-refractivity contribution in [2.75, 3.05) is 6.54 Å². The highest BCUT2D eigenvalue weighted by Gasteiger charge is 2.24. The van der Waals surface area contributed by atoms with Gasteiger partial charge in [0.25, 0.3) is 5.56 Å².